The number of nitrogens with zero attached hydrogens (tertiary/aromatic N) is 5. The lowest BCUT2D eigenvalue weighted by Crippen LogP contribution is -2.45. The summed E-state index contributed by atoms with van der Waals surface area (Å²) in [5, 5.41) is 15.6. The number of piperidine rings is 1. The zero-order valence-electron chi connectivity index (χ0n) is 20.6. The maximum atomic E-state index is 11.0. The van der Waals surface area contributed by atoms with Gasteiger partial charge in [0, 0.05) is 68.3 Å². The minimum atomic E-state index is -0.766. The predicted octanol–water partition coefficient (Wildman–Crippen LogP) is 3.03. The summed E-state index contributed by atoms with van der Waals surface area (Å²) in [4.78, 5) is 28.5. The second-order valence-electron chi connectivity index (χ2n) is 8.98. The number of rotatable bonds is 11. The first kappa shape index (κ1) is 25.3. The summed E-state index contributed by atoms with van der Waals surface area (Å²) < 4.78 is 0. The number of hydrogen-bond acceptors (Lipinski definition) is 9. The fourth-order valence-corrected chi connectivity index (χ4v) is 4.37. The van der Waals surface area contributed by atoms with E-state index in [1.54, 1.807) is 18.6 Å². The van der Waals surface area contributed by atoms with Crippen LogP contribution in [0.1, 0.15) is 19.3 Å². The molecule has 5 N–H and O–H groups in total. The van der Waals surface area contributed by atoms with Crippen molar-refractivity contribution < 1.29 is 9.90 Å². The second-order valence-corrected chi connectivity index (χ2v) is 8.98. The molecule has 0 atom stereocenters. The van der Waals surface area contributed by atoms with Crippen LogP contribution in [-0.2, 0) is 4.79 Å². The van der Waals surface area contributed by atoms with Crippen LogP contribution in [0.3, 0.4) is 0 Å². The Labute approximate surface area is 211 Å². The molecule has 0 bridgehead atoms. The molecule has 36 heavy (non-hydrogen) atoms. The monoisotopic (exact) mass is 490 g/mol. The van der Waals surface area contributed by atoms with E-state index in [4.69, 9.17) is 10.8 Å². The number of carboxylic acid groups (broad SMARTS) is 1. The van der Waals surface area contributed by atoms with Crippen LogP contribution >= 0.6 is 0 Å². The fourth-order valence-electron chi connectivity index (χ4n) is 4.37. The molecule has 0 amide bonds. The third-order valence-corrected chi connectivity index (χ3v) is 6.40. The maximum absolute atomic E-state index is 11.0. The molecule has 0 spiro atoms. The molecule has 1 aliphatic heterocycles. The van der Waals surface area contributed by atoms with Gasteiger partial charge in [-0.2, -0.15) is 0 Å². The van der Waals surface area contributed by atoms with Crippen molar-refractivity contribution in [3.8, 4) is 11.1 Å². The molecule has 10 heteroatoms. The van der Waals surface area contributed by atoms with Crippen molar-refractivity contribution in [2.45, 2.75) is 25.3 Å². The molecule has 0 unspecified atom stereocenters. The smallest absolute Gasteiger partial charge is 0.317 e. The van der Waals surface area contributed by atoms with Crippen LogP contribution in [0.25, 0.3) is 11.1 Å². The fraction of sp³-hybridized carbons (Fsp3) is 0.385. The number of anilines is 4. The van der Waals surface area contributed by atoms with Gasteiger partial charge >= 0.3 is 5.97 Å². The summed E-state index contributed by atoms with van der Waals surface area (Å²) in [6.45, 7) is 3.08. The highest BCUT2D eigenvalue weighted by atomic mass is 16.4. The molecular weight excluding hydrogens is 456 g/mol. The van der Waals surface area contributed by atoms with E-state index in [-0.39, 0.29) is 6.54 Å². The van der Waals surface area contributed by atoms with E-state index in [1.807, 2.05) is 29.2 Å². The maximum Gasteiger partial charge on any atom is 0.317 e. The summed E-state index contributed by atoms with van der Waals surface area (Å²) in [5.41, 5.74) is 9.47. The Morgan fingerprint density at radius 2 is 1.92 bits per heavy atom. The summed E-state index contributed by atoms with van der Waals surface area (Å²) in [7, 11) is 2.10. The average Bonchev–Trinajstić information content (AvgIpc) is 2.89. The first-order valence-corrected chi connectivity index (χ1v) is 12.3. The number of hydrogen-bond donors (Lipinski definition) is 4. The van der Waals surface area contributed by atoms with Gasteiger partial charge in [0.05, 0.1) is 6.54 Å². The molecule has 1 fully saturated rings. The van der Waals surface area contributed by atoms with Crippen molar-refractivity contribution in [1.29, 1.82) is 0 Å². The number of pyridine rings is 1. The first-order valence-electron chi connectivity index (χ1n) is 12.3. The molecule has 0 radical (unpaired) electrons. The Hall–Kier alpha value is -3.76. The highest BCUT2D eigenvalue weighted by Gasteiger charge is 2.23. The Morgan fingerprint density at radius 1 is 1.14 bits per heavy atom. The summed E-state index contributed by atoms with van der Waals surface area (Å²) in [6.07, 6.45) is 8.12. The van der Waals surface area contributed by atoms with Gasteiger partial charge in [0.25, 0.3) is 0 Å². The van der Waals surface area contributed by atoms with Crippen molar-refractivity contribution >= 4 is 29.1 Å². The van der Waals surface area contributed by atoms with E-state index >= 15 is 0 Å². The number of nitrogens with one attached hydrogen (secondary N) is 2. The molecule has 4 rings (SSSR count). The van der Waals surface area contributed by atoms with Crippen molar-refractivity contribution in [1.82, 2.24) is 19.9 Å². The summed E-state index contributed by atoms with van der Waals surface area (Å²) in [5.74, 6) is 0.561. The Morgan fingerprint density at radius 3 is 2.64 bits per heavy atom. The zero-order valence-corrected chi connectivity index (χ0v) is 20.6. The number of nitrogens with two attached hydrogens (primary N) is 1. The van der Waals surface area contributed by atoms with Gasteiger partial charge in [-0.1, -0.05) is 6.07 Å². The molecule has 0 saturated carbocycles. The van der Waals surface area contributed by atoms with E-state index in [1.165, 1.54) is 0 Å². The number of aromatic nitrogens is 3. The molecule has 1 aliphatic rings. The lowest BCUT2D eigenvalue weighted by atomic mass is 10.0. The molecule has 1 saturated heterocycles. The molecule has 10 nitrogen and oxygen atoms in total. The van der Waals surface area contributed by atoms with Crippen molar-refractivity contribution in [3.63, 3.8) is 0 Å². The van der Waals surface area contributed by atoms with E-state index in [2.05, 4.69) is 49.7 Å². The van der Waals surface area contributed by atoms with Gasteiger partial charge < -0.3 is 26.4 Å². The topological polar surface area (TPSA) is 133 Å². The van der Waals surface area contributed by atoms with Crippen molar-refractivity contribution in [2.24, 2.45) is 5.73 Å². The summed E-state index contributed by atoms with van der Waals surface area (Å²) >= 11 is 0. The minimum Gasteiger partial charge on any atom is -0.480 e. The number of likely N-dealkylation sites (tertiary alicyclic amines) is 1. The molecular formula is C26H34N8O2. The first-order chi connectivity index (χ1) is 17.5. The van der Waals surface area contributed by atoms with E-state index in [0.29, 0.717) is 18.5 Å². The van der Waals surface area contributed by atoms with Gasteiger partial charge in [0.1, 0.15) is 5.82 Å². The largest absolute Gasteiger partial charge is 0.480 e. The van der Waals surface area contributed by atoms with Gasteiger partial charge in [-0.25, -0.2) is 15.0 Å². The highest BCUT2D eigenvalue weighted by Crippen LogP contribution is 2.27. The lowest BCUT2D eigenvalue weighted by molar-refractivity contribution is -0.138. The van der Waals surface area contributed by atoms with Crippen LogP contribution in [0.2, 0.25) is 0 Å². The molecule has 0 aliphatic carbocycles. The van der Waals surface area contributed by atoms with Crippen LogP contribution in [0.4, 0.5) is 23.1 Å². The Balaban J connectivity index is 1.38. The van der Waals surface area contributed by atoms with Crippen LogP contribution in [0.15, 0.2) is 55.0 Å². The van der Waals surface area contributed by atoms with Gasteiger partial charge in [-0.3, -0.25) is 9.69 Å². The predicted molar refractivity (Wildman–Crippen MR) is 143 cm³/mol. The zero-order chi connectivity index (χ0) is 25.3. The third-order valence-electron chi connectivity index (χ3n) is 6.40. The van der Waals surface area contributed by atoms with Gasteiger partial charge in [-0.15, -0.1) is 0 Å². The number of benzene rings is 1. The van der Waals surface area contributed by atoms with Crippen LogP contribution in [0, 0.1) is 0 Å². The number of carbonyl (C=O) groups is 1. The van der Waals surface area contributed by atoms with Crippen LogP contribution in [0.5, 0.6) is 0 Å². The quantitative estimate of drug-likeness (QED) is 0.297. The van der Waals surface area contributed by atoms with E-state index in [0.717, 1.165) is 67.2 Å². The normalized spacial score (nSPS) is 14.4. The Kier molecular flexibility index (Phi) is 8.64. The molecule has 190 valence electrons. The lowest BCUT2D eigenvalue weighted by Gasteiger charge is -2.37. The Bertz CT molecular complexity index is 1130. The molecule has 2 aromatic heterocycles. The second kappa shape index (κ2) is 12.3. The molecule has 1 aromatic carbocycles. The van der Waals surface area contributed by atoms with E-state index < -0.39 is 5.97 Å². The number of carboxylic acids is 1. The standard InChI is InChI=1S/C26H34N8O2/c1-33(22-7-12-34(13-8-22)18-25(35)36)23-5-2-4-21(15-23)32-24-14-19(6-11-28-24)20-16-30-26(31-17-20)29-10-3-9-27/h2,4-6,11,14-17,22H,3,7-10,12-13,18,27H2,1H3,(H,28,32)(H,35,36)(H,29,30,31). The summed E-state index contributed by atoms with van der Waals surface area (Å²) in [6, 6.07) is 12.6. The van der Waals surface area contributed by atoms with Gasteiger partial charge in [0.2, 0.25) is 5.95 Å². The van der Waals surface area contributed by atoms with Gasteiger partial charge in [-0.05, 0) is 61.7 Å². The van der Waals surface area contributed by atoms with E-state index in [9.17, 15) is 4.79 Å². The van der Waals surface area contributed by atoms with Crippen LogP contribution in [-0.4, -0.2) is 76.7 Å². The highest BCUT2D eigenvalue weighted by molar-refractivity contribution is 5.70. The SMILES string of the molecule is CN(c1cccc(Nc2cc(-c3cnc(NCCCN)nc3)ccn2)c1)C1CCN(CC(=O)O)CC1. The minimum absolute atomic E-state index is 0.115. The van der Waals surface area contributed by atoms with Crippen LogP contribution < -0.4 is 21.3 Å². The van der Waals surface area contributed by atoms with Crippen molar-refractivity contribution in [3.05, 3.63) is 55.0 Å². The van der Waals surface area contributed by atoms with Gasteiger partial charge in [0.15, 0.2) is 0 Å². The number of aliphatic carboxylic acids is 1. The molecule has 3 aromatic rings. The molecule has 3 heterocycles. The van der Waals surface area contributed by atoms with Crippen molar-refractivity contribution in [2.75, 3.05) is 55.3 Å². The average molecular weight is 491 g/mol. The third kappa shape index (κ3) is 6.89.